The van der Waals surface area contributed by atoms with E-state index in [-0.39, 0.29) is 23.7 Å². The Hall–Kier alpha value is -3.57. The first-order valence-corrected chi connectivity index (χ1v) is 11.9. The monoisotopic (exact) mass is 469 g/mol. The molecule has 0 spiro atoms. The van der Waals surface area contributed by atoms with E-state index in [2.05, 4.69) is 9.97 Å². The third-order valence-electron chi connectivity index (χ3n) is 5.34. The first kappa shape index (κ1) is 22.6. The fraction of sp³-hybridized carbons (Fsp3) is 0.273. The molecule has 0 atom stereocenters. The molecule has 1 aromatic heterocycles. The molecule has 172 valence electrons. The molecule has 1 aliphatic rings. The molecule has 0 saturated carbocycles. The molecule has 0 radical (unpaired) electrons. The van der Waals surface area contributed by atoms with Gasteiger partial charge in [-0.25, -0.2) is 18.4 Å². The summed E-state index contributed by atoms with van der Waals surface area (Å²) in [5.74, 6) is 1.50. The van der Waals surface area contributed by atoms with Gasteiger partial charge < -0.3 is 9.64 Å². The normalized spacial score (nSPS) is 14.8. The van der Waals surface area contributed by atoms with Crippen LogP contribution in [0.15, 0.2) is 65.8 Å². The SMILES string of the molecule is CCOc1ccc(-c2cc(N3CCN(S(=O)(=O)c4cccc([N+](=O)[O-])c4)CC3)ncn2)cc1. The van der Waals surface area contributed by atoms with E-state index in [9.17, 15) is 18.5 Å². The predicted octanol–water partition coefficient (Wildman–Crippen LogP) is 2.96. The van der Waals surface area contributed by atoms with E-state index in [4.69, 9.17) is 4.74 Å². The van der Waals surface area contributed by atoms with Crippen molar-refractivity contribution in [1.82, 2.24) is 14.3 Å². The van der Waals surface area contributed by atoms with Crippen molar-refractivity contribution in [2.45, 2.75) is 11.8 Å². The molecular weight excluding hydrogens is 446 g/mol. The van der Waals surface area contributed by atoms with Gasteiger partial charge in [0.2, 0.25) is 10.0 Å². The number of nitro benzene ring substituents is 1. The number of anilines is 1. The summed E-state index contributed by atoms with van der Waals surface area (Å²) in [6.45, 7) is 3.89. The molecule has 0 bridgehead atoms. The zero-order valence-electron chi connectivity index (χ0n) is 18.0. The number of ether oxygens (including phenoxy) is 1. The van der Waals surface area contributed by atoms with Crippen LogP contribution in [0.1, 0.15) is 6.92 Å². The summed E-state index contributed by atoms with van der Waals surface area (Å²) < 4.78 is 32.8. The van der Waals surface area contributed by atoms with Crippen molar-refractivity contribution < 1.29 is 18.1 Å². The molecule has 0 unspecified atom stereocenters. The second kappa shape index (κ2) is 9.51. The molecule has 0 N–H and O–H groups in total. The van der Waals surface area contributed by atoms with Crippen molar-refractivity contribution in [3.05, 3.63) is 71.0 Å². The molecule has 2 aromatic carbocycles. The number of rotatable bonds is 7. The molecule has 1 fully saturated rings. The van der Waals surface area contributed by atoms with E-state index >= 15 is 0 Å². The quantitative estimate of drug-likeness (QED) is 0.383. The molecule has 0 amide bonds. The lowest BCUT2D eigenvalue weighted by atomic mass is 10.1. The third kappa shape index (κ3) is 4.94. The number of benzene rings is 2. The highest BCUT2D eigenvalue weighted by Gasteiger charge is 2.30. The summed E-state index contributed by atoms with van der Waals surface area (Å²) in [6.07, 6.45) is 1.49. The van der Waals surface area contributed by atoms with Gasteiger partial charge in [0.25, 0.3) is 5.69 Å². The van der Waals surface area contributed by atoms with Crippen molar-refractivity contribution in [1.29, 1.82) is 0 Å². The van der Waals surface area contributed by atoms with E-state index in [0.717, 1.165) is 23.1 Å². The Morgan fingerprint density at radius 1 is 1.03 bits per heavy atom. The van der Waals surface area contributed by atoms with Gasteiger partial charge in [0.15, 0.2) is 0 Å². The Bertz CT molecular complexity index is 1240. The molecule has 1 saturated heterocycles. The topological polar surface area (TPSA) is 119 Å². The Morgan fingerprint density at radius 2 is 1.76 bits per heavy atom. The van der Waals surface area contributed by atoms with Crippen molar-refractivity contribution in [3.63, 3.8) is 0 Å². The molecule has 33 heavy (non-hydrogen) atoms. The van der Waals surface area contributed by atoms with Gasteiger partial charge >= 0.3 is 0 Å². The fourth-order valence-corrected chi connectivity index (χ4v) is 5.09. The molecular formula is C22H23N5O5S. The number of nitro groups is 1. The van der Waals surface area contributed by atoms with Crippen LogP contribution in [0.2, 0.25) is 0 Å². The van der Waals surface area contributed by atoms with Crippen LogP contribution in [0.4, 0.5) is 11.5 Å². The highest BCUT2D eigenvalue weighted by atomic mass is 32.2. The van der Waals surface area contributed by atoms with Gasteiger partial charge in [-0.1, -0.05) is 6.07 Å². The molecule has 11 heteroatoms. The minimum absolute atomic E-state index is 0.0787. The molecule has 1 aliphatic heterocycles. The molecule has 3 aromatic rings. The lowest BCUT2D eigenvalue weighted by Crippen LogP contribution is -2.48. The second-order valence-corrected chi connectivity index (χ2v) is 9.30. The summed E-state index contributed by atoms with van der Waals surface area (Å²) in [4.78, 5) is 21.0. The van der Waals surface area contributed by atoms with E-state index in [0.29, 0.717) is 25.5 Å². The zero-order valence-corrected chi connectivity index (χ0v) is 18.8. The van der Waals surface area contributed by atoms with Gasteiger partial charge in [0, 0.05) is 49.9 Å². The maximum absolute atomic E-state index is 13.0. The molecule has 4 rings (SSSR count). The van der Waals surface area contributed by atoms with Crippen LogP contribution >= 0.6 is 0 Å². The first-order chi connectivity index (χ1) is 15.9. The number of nitrogens with zero attached hydrogens (tertiary/aromatic N) is 5. The Kier molecular flexibility index (Phi) is 6.52. The number of hydrogen-bond acceptors (Lipinski definition) is 8. The number of non-ortho nitro benzene ring substituents is 1. The summed E-state index contributed by atoms with van der Waals surface area (Å²) in [6, 6.07) is 14.6. The first-order valence-electron chi connectivity index (χ1n) is 10.4. The number of sulfonamides is 1. The third-order valence-corrected chi connectivity index (χ3v) is 7.24. The van der Waals surface area contributed by atoms with Crippen molar-refractivity contribution >= 4 is 21.5 Å². The van der Waals surface area contributed by atoms with Gasteiger partial charge in [0.05, 0.1) is 22.1 Å². The number of piperazine rings is 1. The van der Waals surface area contributed by atoms with Gasteiger partial charge in [-0.15, -0.1) is 0 Å². The van der Waals surface area contributed by atoms with Crippen LogP contribution in [-0.2, 0) is 10.0 Å². The van der Waals surface area contributed by atoms with E-state index in [1.54, 1.807) is 0 Å². The molecule has 10 nitrogen and oxygen atoms in total. The number of hydrogen-bond donors (Lipinski definition) is 0. The van der Waals surface area contributed by atoms with Crippen LogP contribution < -0.4 is 9.64 Å². The Labute approximate surface area is 191 Å². The van der Waals surface area contributed by atoms with Crippen molar-refractivity contribution in [2.75, 3.05) is 37.7 Å². The average Bonchev–Trinajstić information content (AvgIpc) is 2.85. The van der Waals surface area contributed by atoms with Crippen LogP contribution in [0.25, 0.3) is 11.3 Å². The van der Waals surface area contributed by atoms with Gasteiger partial charge in [0.1, 0.15) is 17.9 Å². The smallest absolute Gasteiger partial charge is 0.270 e. The lowest BCUT2D eigenvalue weighted by molar-refractivity contribution is -0.385. The fourth-order valence-electron chi connectivity index (χ4n) is 3.63. The van der Waals surface area contributed by atoms with E-state index in [1.165, 1.54) is 28.8 Å². The predicted molar refractivity (Wildman–Crippen MR) is 123 cm³/mol. The van der Waals surface area contributed by atoms with E-state index < -0.39 is 14.9 Å². The highest BCUT2D eigenvalue weighted by molar-refractivity contribution is 7.89. The summed E-state index contributed by atoms with van der Waals surface area (Å²) in [5.41, 5.74) is 1.43. The molecule has 2 heterocycles. The van der Waals surface area contributed by atoms with Gasteiger partial charge in [-0.3, -0.25) is 10.1 Å². The van der Waals surface area contributed by atoms with Gasteiger partial charge in [-0.05, 0) is 37.3 Å². The van der Waals surface area contributed by atoms with Crippen LogP contribution in [0.5, 0.6) is 5.75 Å². The lowest BCUT2D eigenvalue weighted by Gasteiger charge is -2.34. The maximum atomic E-state index is 13.0. The van der Waals surface area contributed by atoms with Crippen molar-refractivity contribution in [2.24, 2.45) is 0 Å². The standard InChI is InChI=1S/C22H23N5O5S/c1-2-32-19-8-6-17(7-9-19)21-15-22(24-16-23-21)25-10-12-26(13-11-25)33(30,31)20-5-3-4-18(14-20)27(28)29/h3-9,14-16H,2,10-13H2,1H3. The van der Waals surface area contributed by atoms with Gasteiger partial charge in [-0.2, -0.15) is 4.31 Å². The summed E-state index contributed by atoms with van der Waals surface area (Å²) >= 11 is 0. The maximum Gasteiger partial charge on any atom is 0.270 e. The average molecular weight is 470 g/mol. The minimum Gasteiger partial charge on any atom is -0.494 e. The molecule has 0 aliphatic carbocycles. The van der Waals surface area contributed by atoms with Crippen LogP contribution in [-0.4, -0.2) is 60.4 Å². The van der Waals surface area contributed by atoms with Crippen LogP contribution in [0.3, 0.4) is 0 Å². The van der Waals surface area contributed by atoms with E-state index in [1.807, 2.05) is 42.2 Å². The summed E-state index contributed by atoms with van der Waals surface area (Å²) in [7, 11) is -3.83. The van der Waals surface area contributed by atoms with Crippen molar-refractivity contribution in [3.8, 4) is 17.0 Å². The summed E-state index contributed by atoms with van der Waals surface area (Å²) in [5, 5.41) is 11.0. The minimum atomic E-state index is -3.83. The largest absolute Gasteiger partial charge is 0.494 e. The second-order valence-electron chi connectivity index (χ2n) is 7.36. The zero-order chi connectivity index (χ0) is 23.4. The van der Waals surface area contributed by atoms with Crippen LogP contribution in [0, 0.1) is 10.1 Å². The Morgan fingerprint density at radius 3 is 2.42 bits per heavy atom. The Balaban J connectivity index is 1.46. The number of aromatic nitrogens is 2. The highest BCUT2D eigenvalue weighted by Crippen LogP contribution is 2.26.